The van der Waals surface area contributed by atoms with Crippen LogP contribution in [0, 0.1) is 0 Å². The van der Waals surface area contributed by atoms with Crippen molar-refractivity contribution in [1.82, 2.24) is 10.2 Å². The van der Waals surface area contributed by atoms with E-state index >= 15 is 0 Å². The van der Waals surface area contributed by atoms with E-state index < -0.39 is 6.04 Å². The maximum atomic E-state index is 12.8. The summed E-state index contributed by atoms with van der Waals surface area (Å²) in [5.74, 6) is 0.0602. The minimum atomic E-state index is -0.530. The van der Waals surface area contributed by atoms with E-state index in [1.807, 2.05) is 54.6 Å². The van der Waals surface area contributed by atoms with Gasteiger partial charge in [0, 0.05) is 23.0 Å². The Hall–Kier alpha value is -1.79. The van der Waals surface area contributed by atoms with Crippen LogP contribution >= 0.6 is 27.7 Å². The second-order valence-corrected chi connectivity index (χ2v) is 7.50. The van der Waals surface area contributed by atoms with Crippen molar-refractivity contribution in [2.24, 2.45) is 0 Å². The van der Waals surface area contributed by atoms with Gasteiger partial charge in [0.2, 0.25) is 11.8 Å². The molecule has 1 atom stereocenters. The van der Waals surface area contributed by atoms with E-state index in [0.717, 1.165) is 14.9 Å². The van der Waals surface area contributed by atoms with E-state index in [9.17, 15) is 9.59 Å². The van der Waals surface area contributed by atoms with E-state index in [1.54, 1.807) is 18.9 Å². The molecule has 6 heteroatoms. The summed E-state index contributed by atoms with van der Waals surface area (Å²) in [6, 6.07) is 17.0. The van der Waals surface area contributed by atoms with Crippen LogP contribution in [0.5, 0.6) is 0 Å². The zero-order chi connectivity index (χ0) is 18.2. The maximum Gasteiger partial charge on any atom is 0.242 e. The van der Waals surface area contributed by atoms with Crippen LogP contribution < -0.4 is 5.32 Å². The van der Waals surface area contributed by atoms with Crippen molar-refractivity contribution in [3.8, 4) is 0 Å². The highest BCUT2D eigenvalue weighted by atomic mass is 79.9. The van der Waals surface area contributed by atoms with Crippen LogP contribution in [0.4, 0.5) is 0 Å². The molecule has 0 aliphatic rings. The van der Waals surface area contributed by atoms with Crippen LogP contribution in [0.2, 0.25) is 0 Å². The Morgan fingerprint density at radius 1 is 1.12 bits per heavy atom. The number of benzene rings is 2. The largest absolute Gasteiger partial charge is 0.357 e. The molecule has 25 heavy (non-hydrogen) atoms. The van der Waals surface area contributed by atoms with Crippen molar-refractivity contribution >= 4 is 39.5 Å². The fraction of sp³-hybridized carbons (Fsp3) is 0.263. The fourth-order valence-electron chi connectivity index (χ4n) is 2.32. The molecule has 0 spiro atoms. The SMILES string of the molecule is CNC(=O)[C@@H](C)N(Cc1ccc(Br)cc1)C(=O)CSc1ccccc1. The van der Waals surface area contributed by atoms with E-state index in [1.165, 1.54) is 11.8 Å². The summed E-state index contributed by atoms with van der Waals surface area (Å²) in [5, 5.41) is 2.62. The predicted octanol–water partition coefficient (Wildman–Crippen LogP) is 3.70. The summed E-state index contributed by atoms with van der Waals surface area (Å²) in [7, 11) is 1.58. The Labute approximate surface area is 161 Å². The molecule has 2 amide bonds. The molecule has 0 aliphatic carbocycles. The number of halogens is 1. The number of likely N-dealkylation sites (N-methyl/N-ethyl adjacent to an activating group) is 1. The lowest BCUT2D eigenvalue weighted by Gasteiger charge is -2.28. The van der Waals surface area contributed by atoms with Gasteiger partial charge in [-0.15, -0.1) is 11.8 Å². The molecule has 132 valence electrons. The molecule has 0 heterocycles. The van der Waals surface area contributed by atoms with Gasteiger partial charge in [-0.3, -0.25) is 9.59 Å². The van der Waals surface area contributed by atoms with Gasteiger partial charge in [0.25, 0.3) is 0 Å². The molecule has 0 unspecified atom stereocenters. The lowest BCUT2D eigenvalue weighted by Crippen LogP contribution is -2.47. The molecule has 0 saturated carbocycles. The molecule has 0 radical (unpaired) electrons. The molecule has 4 nitrogen and oxygen atoms in total. The standard InChI is InChI=1S/C19H21BrN2O2S/c1-14(19(24)21-2)22(12-15-8-10-16(20)11-9-15)18(23)13-25-17-6-4-3-5-7-17/h3-11,14H,12-13H2,1-2H3,(H,21,24)/t14-/m1/s1. The fourth-order valence-corrected chi connectivity index (χ4v) is 3.39. The molecule has 1 N–H and O–H groups in total. The normalized spacial score (nSPS) is 11.6. The number of carbonyl (C=O) groups excluding carboxylic acids is 2. The third-order valence-corrected chi connectivity index (χ3v) is 5.31. The van der Waals surface area contributed by atoms with Crippen LogP contribution in [-0.2, 0) is 16.1 Å². The first-order valence-corrected chi connectivity index (χ1v) is 9.72. The average molecular weight is 421 g/mol. The van der Waals surface area contributed by atoms with E-state index in [0.29, 0.717) is 12.3 Å². The van der Waals surface area contributed by atoms with Crippen LogP contribution in [-0.4, -0.2) is 35.6 Å². The number of hydrogen-bond acceptors (Lipinski definition) is 3. The Bertz CT molecular complexity index is 707. The second-order valence-electron chi connectivity index (χ2n) is 5.54. The smallest absolute Gasteiger partial charge is 0.242 e. The summed E-state index contributed by atoms with van der Waals surface area (Å²) in [6.07, 6.45) is 0. The van der Waals surface area contributed by atoms with Gasteiger partial charge >= 0.3 is 0 Å². The second kappa shape index (κ2) is 9.63. The molecule has 0 aromatic heterocycles. The summed E-state index contributed by atoms with van der Waals surface area (Å²) in [5.41, 5.74) is 0.983. The van der Waals surface area contributed by atoms with Crippen LogP contribution in [0.15, 0.2) is 64.0 Å². The van der Waals surface area contributed by atoms with Gasteiger partial charge in [0.1, 0.15) is 6.04 Å². The van der Waals surface area contributed by atoms with E-state index in [-0.39, 0.29) is 11.8 Å². The van der Waals surface area contributed by atoms with Crippen molar-refractivity contribution < 1.29 is 9.59 Å². The molecule has 0 saturated heterocycles. The zero-order valence-electron chi connectivity index (χ0n) is 14.2. The Kier molecular flexibility index (Phi) is 7.52. The number of carbonyl (C=O) groups is 2. The zero-order valence-corrected chi connectivity index (χ0v) is 16.6. The van der Waals surface area contributed by atoms with Crippen molar-refractivity contribution in [3.05, 3.63) is 64.6 Å². The minimum Gasteiger partial charge on any atom is -0.357 e. The summed E-state index contributed by atoms with van der Waals surface area (Å²) in [4.78, 5) is 27.5. The molecular weight excluding hydrogens is 400 g/mol. The third-order valence-electron chi connectivity index (χ3n) is 3.79. The van der Waals surface area contributed by atoms with Crippen molar-refractivity contribution in [1.29, 1.82) is 0 Å². The highest BCUT2D eigenvalue weighted by Gasteiger charge is 2.25. The molecule has 2 aromatic rings. The Balaban J connectivity index is 2.10. The van der Waals surface area contributed by atoms with Gasteiger partial charge in [-0.05, 0) is 36.8 Å². The molecule has 0 fully saturated rings. The number of nitrogens with zero attached hydrogens (tertiary/aromatic N) is 1. The predicted molar refractivity (Wildman–Crippen MR) is 105 cm³/mol. The van der Waals surface area contributed by atoms with Crippen molar-refractivity contribution in [3.63, 3.8) is 0 Å². The van der Waals surface area contributed by atoms with Gasteiger partial charge < -0.3 is 10.2 Å². The Morgan fingerprint density at radius 3 is 2.36 bits per heavy atom. The van der Waals surface area contributed by atoms with Crippen LogP contribution in [0.25, 0.3) is 0 Å². The number of nitrogens with one attached hydrogen (secondary N) is 1. The summed E-state index contributed by atoms with van der Waals surface area (Å²) in [6.45, 7) is 2.15. The summed E-state index contributed by atoms with van der Waals surface area (Å²) >= 11 is 4.88. The Morgan fingerprint density at radius 2 is 1.76 bits per heavy atom. The van der Waals surface area contributed by atoms with E-state index in [4.69, 9.17) is 0 Å². The lowest BCUT2D eigenvalue weighted by atomic mass is 10.1. The molecular formula is C19H21BrN2O2S. The average Bonchev–Trinajstić information content (AvgIpc) is 2.65. The molecule has 0 aliphatic heterocycles. The van der Waals surface area contributed by atoms with Gasteiger partial charge in [0.05, 0.1) is 5.75 Å². The highest BCUT2D eigenvalue weighted by Crippen LogP contribution is 2.20. The van der Waals surface area contributed by atoms with Crippen molar-refractivity contribution in [2.45, 2.75) is 24.4 Å². The number of thioether (sulfide) groups is 1. The third kappa shape index (κ3) is 5.90. The topological polar surface area (TPSA) is 49.4 Å². The monoisotopic (exact) mass is 420 g/mol. The van der Waals surface area contributed by atoms with E-state index in [2.05, 4.69) is 21.2 Å². The van der Waals surface area contributed by atoms with Gasteiger partial charge in [-0.1, -0.05) is 46.3 Å². The quantitative estimate of drug-likeness (QED) is 0.694. The molecule has 2 rings (SSSR count). The first-order chi connectivity index (χ1) is 12.0. The number of amides is 2. The molecule has 2 aromatic carbocycles. The van der Waals surface area contributed by atoms with Gasteiger partial charge in [0.15, 0.2) is 0 Å². The number of rotatable bonds is 7. The maximum absolute atomic E-state index is 12.8. The lowest BCUT2D eigenvalue weighted by molar-refractivity contribution is -0.138. The first kappa shape index (κ1) is 19.5. The highest BCUT2D eigenvalue weighted by molar-refractivity contribution is 9.10. The van der Waals surface area contributed by atoms with Crippen LogP contribution in [0.1, 0.15) is 12.5 Å². The van der Waals surface area contributed by atoms with Crippen molar-refractivity contribution in [2.75, 3.05) is 12.8 Å². The summed E-state index contributed by atoms with van der Waals surface area (Å²) < 4.78 is 0.980. The first-order valence-electron chi connectivity index (χ1n) is 7.94. The van der Waals surface area contributed by atoms with Gasteiger partial charge in [-0.25, -0.2) is 0 Å². The number of hydrogen-bond donors (Lipinski definition) is 1. The minimum absolute atomic E-state index is 0.0622. The molecule has 0 bridgehead atoms. The van der Waals surface area contributed by atoms with Crippen LogP contribution in [0.3, 0.4) is 0 Å². The van der Waals surface area contributed by atoms with Gasteiger partial charge in [-0.2, -0.15) is 0 Å².